The molecule has 0 aromatic heterocycles. The lowest BCUT2D eigenvalue weighted by Crippen LogP contribution is -1.90. The van der Waals surface area contributed by atoms with Gasteiger partial charge in [0, 0.05) is 25.0 Å². The average Bonchev–Trinajstić information content (AvgIpc) is 2.33. The van der Waals surface area contributed by atoms with Gasteiger partial charge >= 0.3 is 0 Å². The van der Waals surface area contributed by atoms with Gasteiger partial charge in [-0.25, -0.2) is 0 Å². The standard InChI is InChI=1S/C8H9N3/c1-6-7-5-11(2)4-3-8(7)10-9-6/h3-5H,1-2H3. The predicted molar refractivity (Wildman–Crippen MR) is 42.4 cm³/mol. The number of hydrogen-bond acceptors (Lipinski definition) is 2. The molecule has 3 nitrogen and oxygen atoms in total. The van der Waals surface area contributed by atoms with Gasteiger partial charge in [-0.15, -0.1) is 0 Å². The Morgan fingerprint density at radius 1 is 1.36 bits per heavy atom. The lowest BCUT2D eigenvalue weighted by atomic mass is 10.2. The number of aryl methyl sites for hydroxylation is 2. The molecule has 2 heterocycles. The fourth-order valence-corrected chi connectivity index (χ4v) is 1.14. The van der Waals surface area contributed by atoms with Crippen LogP contribution in [0.4, 0.5) is 0 Å². The Morgan fingerprint density at radius 2 is 2.18 bits per heavy atom. The highest BCUT2D eigenvalue weighted by Gasteiger charge is 2.07. The maximum absolute atomic E-state index is 4.00. The molecule has 0 aromatic rings. The molecule has 0 amide bonds. The second kappa shape index (κ2) is 2.05. The minimum Gasteiger partial charge on any atom is -0.356 e. The summed E-state index contributed by atoms with van der Waals surface area (Å²) < 4.78 is 2.00. The van der Waals surface area contributed by atoms with Gasteiger partial charge in [0.05, 0.1) is 11.4 Å². The van der Waals surface area contributed by atoms with Crippen LogP contribution in [-0.4, -0.2) is 14.8 Å². The molecule has 0 fully saturated rings. The number of hydrogen-bond donors (Lipinski definition) is 0. The summed E-state index contributed by atoms with van der Waals surface area (Å²) >= 11 is 0. The molecule has 0 aliphatic carbocycles. The lowest BCUT2D eigenvalue weighted by molar-refractivity contribution is 0.904. The van der Waals surface area contributed by atoms with E-state index in [4.69, 9.17) is 0 Å². The maximum atomic E-state index is 4.00. The van der Waals surface area contributed by atoms with E-state index in [9.17, 15) is 0 Å². The van der Waals surface area contributed by atoms with Crippen molar-refractivity contribution in [3.05, 3.63) is 24.2 Å². The van der Waals surface area contributed by atoms with Crippen molar-refractivity contribution in [1.82, 2.24) is 14.8 Å². The molecule has 0 spiro atoms. The highest BCUT2D eigenvalue weighted by molar-refractivity contribution is 5.61. The van der Waals surface area contributed by atoms with E-state index in [-0.39, 0.29) is 0 Å². The number of pyridine rings is 1. The van der Waals surface area contributed by atoms with Crippen LogP contribution in [0.1, 0.15) is 5.69 Å². The average molecular weight is 147 g/mol. The molecule has 2 rings (SSSR count). The Morgan fingerprint density at radius 3 is 3.00 bits per heavy atom. The molecule has 0 saturated heterocycles. The molecule has 56 valence electrons. The first-order valence-corrected chi connectivity index (χ1v) is 3.52. The molecule has 0 atom stereocenters. The maximum Gasteiger partial charge on any atom is 0.0977 e. The second-order valence-electron chi connectivity index (χ2n) is 2.69. The molecule has 0 radical (unpaired) electrons. The van der Waals surface area contributed by atoms with Gasteiger partial charge in [-0.1, -0.05) is 0 Å². The van der Waals surface area contributed by atoms with Crippen LogP contribution in [0.3, 0.4) is 0 Å². The van der Waals surface area contributed by atoms with Crippen molar-refractivity contribution in [2.24, 2.45) is 7.05 Å². The monoisotopic (exact) mass is 147 g/mol. The van der Waals surface area contributed by atoms with Crippen molar-refractivity contribution in [3.8, 4) is 11.3 Å². The van der Waals surface area contributed by atoms with Gasteiger partial charge < -0.3 is 4.57 Å². The molecular formula is C8H9N3. The van der Waals surface area contributed by atoms with Gasteiger partial charge in [-0.2, -0.15) is 10.2 Å². The van der Waals surface area contributed by atoms with Gasteiger partial charge in [-0.05, 0) is 13.0 Å². The van der Waals surface area contributed by atoms with Crippen LogP contribution in [0.2, 0.25) is 0 Å². The molecule has 2 aliphatic rings. The van der Waals surface area contributed by atoms with Crippen molar-refractivity contribution in [3.63, 3.8) is 0 Å². The van der Waals surface area contributed by atoms with Crippen molar-refractivity contribution in [1.29, 1.82) is 0 Å². The van der Waals surface area contributed by atoms with Crippen LogP contribution < -0.4 is 0 Å². The summed E-state index contributed by atoms with van der Waals surface area (Å²) in [4.78, 5) is 0. The van der Waals surface area contributed by atoms with E-state index in [0.29, 0.717) is 0 Å². The fraction of sp³-hybridized carbons (Fsp3) is 0.250. The van der Waals surface area contributed by atoms with E-state index in [2.05, 4.69) is 10.2 Å². The zero-order chi connectivity index (χ0) is 7.84. The fourth-order valence-electron chi connectivity index (χ4n) is 1.14. The smallest absolute Gasteiger partial charge is 0.0977 e. The number of rotatable bonds is 0. The third kappa shape index (κ3) is 0.888. The van der Waals surface area contributed by atoms with E-state index in [0.717, 1.165) is 17.0 Å². The van der Waals surface area contributed by atoms with E-state index < -0.39 is 0 Å². The van der Waals surface area contributed by atoms with Crippen LogP contribution >= 0.6 is 0 Å². The summed E-state index contributed by atoms with van der Waals surface area (Å²) in [5, 5.41) is 7.97. The third-order valence-electron chi connectivity index (χ3n) is 1.77. The van der Waals surface area contributed by atoms with Crippen LogP contribution in [0.5, 0.6) is 0 Å². The zero-order valence-electron chi connectivity index (χ0n) is 6.57. The Labute approximate surface area is 65.0 Å². The lowest BCUT2D eigenvalue weighted by Gasteiger charge is -2.00. The Kier molecular flexibility index (Phi) is 1.18. The molecule has 0 unspecified atom stereocenters. The third-order valence-corrected chi connectivity index (χ3v) is 1.77. The Bertz CT molecular complexity index is 351. The number of aromatic nitrogens is 3. The van der Waals surface area contributed by atoms with Crippen LogP contribution in [0, 0.1) is 6.92 Å². The molecular weight excluding hydrogens is 138 g/mol. The molecule has 11 heavy (non-hydrogen) atoms. The van der Waals surface area contributed by atoms with Crippen LogP contribution in [0.25, 0.3) is 11.3 Å². The van der Waals surface area contributed by atoms with Gasteiger partial charge in [-0.3, -0.25) is 0 Å². The SMILES string of the molecule is Cc1nnc2ccn(C)cc1-2. The first-order chi connectivity index (χ1) is 5.27. The first-order valence-electron chi connectivity index (χ1n) is 3.52. The minimum atomic E-state index is 0.973. The quantitative estimate of drug-likeness (QED) is 0.561. The Balaban J connectivity index is 2.76. The van der Waals surface area contributed by atoms with E-state index >= 15 is 0 Å². The molecule has 3 heteroatoms. The first kappa shape index (κ1) is 6.34. The number of fused-ring (bicyclic) bond motifs is 1. The number of nitrogens with zero attached hydrogens (tertiary/aromatic N) is 3. The zero-order valence-corrected chi connectivity index (χ0v) is 6.57. The van der Waals surface area contributed by atoms with Crippen LogP contribution in [-0.2, 0) is 7.05 Å². The van der Waals surface area contributed by atoms with Crippen molar-refractivity contribution >= 4 is 0 Å². The molecule has 0 aromatic carbocycles. The minimum absolute atomic E-state index is 0.973. The van der Waals surface area contributed by atoms with Crippen LogP contribution in [0.15, 0.2) is 18.5 Å². The van der Waals surface area contributed by atoms with Gasteiger partial charge in [0.15, 0.2) is 0 Å². The molecule has 0 N–H and O–H groups in total. The van der Waals surface area contributed by atoms with Gasteiger partial charge in [0.1, 0.15) is 0 Å². The highest BCUT2D eigenvalue weighted by atomic mass is 15.1. The normalized spacial score (nSPS) is 10.7. The van der Waals surface area contributed by atoms with Gasteiger partial charge in [0.2, 0.25) is 0 Å². The topological polar surface area (TPSA) is 30.7 Å². The second-order valence-corrected chi connectivity index (χ2v) is 2.69. The summed E-state index contributed by atoms with van der Waals surface area (Å²) in [6.07, 6.45) is 4.00. The molecule has 0 saturated carbocycles. The summed E-state index contributed by atoms with van der Waals surface area (Å²) in [6.45, 7) is 1.97. The van der Waals surface area contributed by atoms with Crippen molar-refractivity contribution < 1.29 is 0 Å². The summed E-state index contributed by atoms with van der Waals surface area (Å²) in [5.74, 6) is 0. The largest absolute Gasteiger partial charge is 0.356 e. The Hall–Kier alpha value is -1.38. The van der Waals surface area contributed by atoms with Crippen molar-refractivity contribution in [2.45, 2.75) is 6.92 Å². The molecule has 0 bridgehead atoms. The highest BCUT2D eigenvalue weighted by Crippen LogP contribution is 2.20. The van der Waals surface area contributed by atoms with E-state index in [1.165, 1.54) is 0 Å². The van der Waals surface area contributed by atoms with E-state index in [1.807, 2.05) is 37.0 Å². The molecule has 2 aliphatic heterocycles. The predicted octanol–water partition coefficient (Wildman–Crippen LogP) is 1.23. The van der Waals surface area contributed by atoms with E-state index in [1.54, 1.807) is 0 Å². The summed E-state index contributed by atoms with van der Waals surface area (Å²) in [5.41, 5.74) is 3.10. The summed E-state index contributed by atoms with van der Waals surface area (Å²) in [6, 6.07) is 1.97. The van der Waals surface area contributed by atoms with Crippen molar-refractivity contribution in [2.75, 3.05) is 0 Å². The summed E-state index contributed by atoms with van der Waals surface area (Å²) in [7, 11) is 1.99. The van der Waals surface area contributed by atoms with Gasteiger partial charge in [0.25, 0.3) is 0 Å².